The van der Waals surface area contributed by atoms with Gasteiger partial charge < -0.3 is 15.6 Å². The third kappa shape index (κ3) is 3.07. The molecule has 2 aromatic rings. The monoisotopic (exact) mass is 253 g/mol. The van der Waals surface area contributed by atoms with E-state index in [2.05, 4.69) is 20.4 Å². The molecule has 2 aromatic heterocycles. The third-order valence-corrected chi connectivity index (χ3v) is 2.36. The Morgan fingerprint density at radius 3 is 3.00 bits per heavy atom. The molecule has 3 N–H and O–H groups in total. The lowest BCUT2D eigenvalue weighted by atomic mass is 10.3. The number of nitrogens with one attached hydrogen (secondary N) is 1. The minimum atomic E-state index is 0.495. The second kappa shape index (κ2) is 5.01. The van der Waals surface area contributed by atoms with E-state index >= 15 is 0 Å². The lowest BCUT2D eigenvalue weighted by Crippen LogP contribution is -2.08. The first-order valence-corrected chi connectivity index (χ1v) is 5.47. The normalized spacial score (nSPS) is 10.5. The number of halogens is 1. The Morgan fingerprint density at radius 2 is 2.35 bits per heavy atom. The number of nitrogens with two attached hydrogens (primary N) is 1. The molecule has 0 atom stereocenters. The number of rotatable bonds is 4. The number of pyridine rings is 1. The van der Waals surface area contributed by atoms with Crippen LogP contribution in [0.4, 0.5) is 11.5 Å². The fourth-order valence-electron chi connectivity index (χ4n) is 1.32. The van der Waals surface area contributed by atoms with Crippen LogP contribution in [-0.4, -0.2) is 21.7 Å². The Morgan fingerprint density at radius 1 is 1.53 bits per heavy atom. The van der Waals surface area contributed by atoms with Crippen LogP contribution in [0.5, 0.6) is 0 Å². The summed E-state index contributed by atoms with van der Waals surface area (Å²) < 4.78 is 4.86. The highest BCUT2D eigenvalue weighted by molar-refractivity contribution is 6.33. The van der Waals surface area contributed by atoms with Gasteiger partial charge in [0.05, 0.1) is 16.9 Å². The molecule has 0 aliphatic carbocycles. The van der Waals surface area contributed by atoms with Gasteiger partial charge in [0.1, 0.15) is 5.82 Å². The molecule has 0 aliphatic rings. The zero-order valence-corrected chi connectivity index (χ0v) is 10.0. The van der Waals surface area contributed by atoms with Crippen LogP contribution in [0, 0.1) is 6.92 Å². The molecule has 0 amide bonds. The number of anilines is 2. The quantitative estimate of drug-likeness (QED) is 0.861. The van der Waals surface area contributed by atoms with E-state index in [0.29, 0.717) is 41.2 Å². The van der Waals surface area contributed by atoms with Gasteiger partial charge in [0, 0.05) is 19.9 Å². The molecule has 0 aliphatic heterocycles. The predicted molar refractivity (Wildman–Crippen MR) is 64.9 cm³/mol. The van der Waals surface area contributed by atoms with Crippen molar-refractivity contribution >= 4 is 23.1 Å². The van der Waals surface area contributed by atoms with Gasteiger partial charge in [-0.25, -0.2) is 4.98 Å². The Hall–Kier alpha value is -1.82. The van der Waals surface area contributed by atoms with Crippen molar-refractivity contribution in [2.24, 2.45) is 0 Å². The molecule has 90 valence electrons. The molecule has 0 saturated carbocycles. The molecule has 0 unspecified atom stereocenters. The standard InChI is InChI=1S/C10H12ClN5O/c1-6-15-9(16-17-6)2-3-13-10-8(11)4-7(12)5-14-10/h4-5H,2-3,12H2,1H3,(H,13,14). The van der Waals surface area contributed by atoms with Crippen LogP contribution in [0.25, 0.3) is 0 Å². The number of hydrogen-bond donors (Lipinski definition) is 2. The van der Waals surface area contributed by atoms with Gasteiger partial charge in [-0.05, 0) is 6.07 Å². The van der Waals surface area contributed by atoms with Gasteiger partial charge >= 0.3 is 0 Å². The summed E-state index contributed by atoms with van der Waals surface area (Å²) in [6.45, 7) is 2.37. The van der Waals surface area contributed by atoms with Gasteiger partial charge in [0.15, 0.2) is 5.82 Å². The van der Waals surface area contributed by atoms with E-state index in [1.165, 1.54) is 0 Å². The maximum Gasteiger partial charge on any atom is 0.223 e. The second-order valence-electron chi connectivity index (χ2n) is 3.51. The number of hydrogen-bond acceptors (Lipinski definition) is 6. The van der Waals surface area contributed by atoms with Crippen molar-refractivity contribution in [3.05, 3.63) is 29.0 Å². The fraction of sp³-hybridized carbons (Fsp3) is 0.300. The summed E-state index contributed by atoms with van der Waals surface area (Å²) in [6.07, 6.45) is 2.19. The van der Waals surface area contributed by atoms with Crippen LogP contribution in [0.3, 0.4) is 0 Å². The molecule has 2 heterocycles. The van der Waals surface area contributed by atoms with E-state index in [1.807, 2.05) is 0 Å². The molecule has 6 nitrogen and oxygen atoms in total. The van der Waals surface area contributed by atoms with Gasteiger partial charge in [0.2, 0.25) is 5.89 Å². The number of aromatic nitrogens is 3. The Kier molecular flexibility index (Phi) is 3.43. The molecular weight excluding hydrogens is 242 g/mol. The molecule has 17 heavy (non-hydrogen) atoms. The zero-order valence-electron chi connectivity index (χ0n) is 9.27. The summed E-state index contributed by atoms with van der Waals surface area (Å²) in [6, 6.07) is 1.65. The average Bonchev–Trinajstić information content (AvgIpc) is 2.68. The van der Waals surface area contributed by atoms with E-state index in [4.69, 9.17) is 21.9 Å². The maximum absolute atomic E-state index is 5.96. The maximum atomic E-state index is 5.96. The largest absolute Gasteiger partial charge is 0.397 e. The lowest BCUT2D eigenvalue weighted by Gasteiger charge is -2.06. The van der Waals surface area contributed by atoms with E-state index < -0.39 is 0 Å². The molecule has 0 bridgehead atoms. The molecular formula is C10H12ClN5O. The van der Waals surface area contributed by atoms with Crippen molar-refractivity contribution in [3.63, 3.8) is 0 Å². The van der Waals surface area contributed by atoms with Gasteiger partial charge in [-0.15, -0.1) is 0 Å². The minimum Gasteiger partial charge on any atom is -0.397 e. The zero-order chi connectivity index (χ0) is 12.3. The first-order valence-electron chi connectivity index (χ1n) is 5.09. The number of nitrogens with zero attached hydrogens (tertiary/aromatic N) is 3. The lowest BCUT2D eigenvalue weighted by molar-refractivity contribution is 0.387. The van der Waals surface area contributed by atoms with Crippen molar-refractivity contribution in [2.75, 3.05) is 17.6 Å². The van der Waals surface area contributed by atoms with E-state index in [-0.39, 0.29) is 0 Å². The average molecular weight is 254 g/mol. The SMILES string of the molecule is Cc1nc(CCNc2ncc(N)cc2Cl)no1. The first kappa shape index (κ1) is 11.7. The highest BCUT2D eigenvalue weighted by atomic mass is 35.5. The highest BCUT2D eigenvalue weighted by Gasteiger charge is 2.04. The molecule has 7 heteroatoms. The number of nitrogen functional groups attached to an aromatic ring is 1. The minimum absolute atomic E-state index is 0.495. The van der Waals surface area contributed by atoms with E-state index in [9.17, 15) is 0 Å². The van der Waals surface area contributed by atoms with Crippen LogP contribution in [-0.2, 0) is 6.42 Å². The summed E-state index contributed by atoms with van der Waals surface area (Å²) in [7, 11) is 0. The van der Waals surface area contributed by atoms with Gasteiger partial charge in [-0.2, -0.15) is 4.98 Å². The molecule has 0 saturated heterocycles. The first-order chi connectivity index (χ1) is 8.15. The second-order valence-corrected chi connectivity index (χ2v) is 3.91. The fourth-order valence-corrected chi connectivity index (χ4v) is 1.56. The summed E-state index contributed by atoms with van der Waals surface area (Å²) in [4.78, 5) is 8.17. The molecule has 2 rings (SSSR count). The van der Waals surface area contributed by atoms with Crippen molar-refractivity contribution in [3.8, 4) is 0 Å². The molecule has 0 radical (unpaired) electrons. The van der Waals surface area contributed by atoms with Gasteiger partial charge in [-0.1, -0.05) is 16.8 Å². The topological polar surface area (TPSA) is 89.9 Å². The van der Waals surface area contributed by atoms with Crippen LogP contribution < -0.4 is 11.1 Å². The Labute approximate surface area is 103 Å². The smallest absolute Gasteiger partial charge is 0.223 e. The molecule has 0 spiro atoms. The number of aryl methyl sites for hydroxylation is 1. The summed E-state index contributed by atoms with van der Waals surface area (Å²) in [5, 5.41) is 7.36. The summed E-state index contributed by atoms with van der Waals surface area (Å²) in [5.41, 5.74) is 6.08. The van der Waals surface area contributed by atoms with Crippen molar-refractivity contribution in [1.82, 2.24) is 15.1 Å². The summed E-state index contributed by atoms with van der Waals surface area (Å²) in [5.74, 6) is 1.81. The third-order valence-electron chi connectivity index (χ3n) is 2.07. The van der Waals surface area contributed by atoms with Crippen LogP contribution >= 0.6 is 11.6 Å². The molecule has 0 aromatic carbocycles. The van der Waals surface area contributed by atoms with Crippen molar-refractivity contribution in [1.29, 1.82) is 0 Å². The van der Waals surface area contributed by atoms with Crippen LogP contribution in [0.15, 0.2) is 16.8 Å². The Bertz CT molecular complexity index is 513. The van der Waals surface area contributed by atoms with Gasteiger partial charge in [0.25, 0.3) is 0 Å². The predicted octanol–water partition coefficient (Wildman–Crippen LogP) is 1.66. The van der Waals surface area contributed by atoms with E-state index in [0.717, 1.165) is 0 Å². The summed E-state index contributed by atoms with van der Waals surface area (Å²) >= 11 is 5.96. The van der Waals surface area contributed by atoms with Crippen LogP contribution in [0.2, 0.25) is 5.02 Å². The van der Waals surface area contributed by atoms with E-state index in [1.54, 1.807) is 19.2 Å². The van der Waals surface area contributed by atoms with Crippen LogP contribution in [0.1, 0.15) is 11.7 Å². The Balaban J connectivity index is 1.90. The van der Waals surface area contributed by atoms with Gasteiger partial charge in [-0.3, -0.25) is 0 Å². The highest BCUT2D eigenvalue weighted by Crippen LogP contribution is 2.20. The van der Waals surface area contributed by atoms with Crippen molar-refractivity contribution in [2.45, 2.75) is 13.3 Å². The van der Waals surface area contributed by atoms with Crippen molar-refractivity contribution < 1.29 is 4.52 Å². The molecule has 0 fully saturated rings.